The zero-order valence-corrected chi connectivity index (χ0v) is 9.33. The quantitative estimate of drug-likeness (QED) is 0.600. The van der Waals surface area contributed by atoms with Gasteiger partial charge >= 0.3 is 0 Å². The van der Waals surface area contributed by atoms with E-state index in [1.807, 2.05) is 12.1 Å². The maximum Gasteiger partial charge on any atom is 0.137 e. The monoisotopic (exact) mass is 254 g/mol. The average Bonchev–Trinajstić information content (AvgIpc) is 2.21. The first-order chi connectivity index (χ1) is 6.83. The lowest BCUT2D eigenvalue weighted by atomic mass is 10.3. The van der Waals surface area contributed by atoms with Crippen LogP contribution in [0.25, 0.3) is 0 Å². The van der Waals surface area contributed by atoms with Gasteiger partial charge in [-0.2, -0.15) is 5.26 Å². The molecule has 14 heavy (non-hydrogen) atoms. The molecule has 1 rings (SSSR count). The fraction of sp³-hybridized carbons (Fsp3) is 0.400. The molecule has 0 amide bonds. The average molecular weight is 255 g/mol. The first-order valence-electron chi connectivity index (χ1n) is 4.44. The molecule has 0 aromatic carbocycles. The molecule has 1 aromatic heterocycles. The number of ether oxygens (including phenoxy) is 1. The maximum absolute atomic E-state index is 8.31. The van der Waals surface area contributed by atoms with Crippen molar-refractivity contribution in [2.75, 3.05) is 6.61 Å². The van der Waals surface area contributed by atoms with Crippen LogP contribution in [0.2, 0.25) is 0 Å². The first-order valence-corrected chi connectivity index (χ1v) is 5.23. The van der Waals surface area contributed by atoms with Crippen LogP contribution in [0.1, 0.15) is 19.3 Å². The molecular weight excluding hydrogens is 244 g/mol. The molecule has 4 heteroatoms. The minimum Gasteiger partial charge on any atom is -0.492 e. The third kappa shape index (κ3) is 4.24. The highest BCUT2D eigenvalue weighted by Crippen LogP contribution is 2.12. The second-order valence-electron chi connectivity index (χ2n) is 2.78. The number of hydrogen-bond acceptors (Lipinski definition) is 3. The van der Waals surface area contributed by atoms with Gasteiger partial charge < -0.3 is 4.74 Å². The largest absolute Gasteiger partial charge is 0.492 e. The number of pyridine rings is 1. The Morgan fingerprint density at radius 3 is 2.93 bits per heavy atom. The van der Waals surface area contributed by atoms with Gasteiger partial charge in [0, 0.05) is 6.42 Å². The second kappa shape index (κ2) is 6.39. The fourth-order valence-electron chi connectivity index (χ4n) is 0.944. The number of aromatic nitrogens is 1. The standard InChI is InChI=1S/C10H11BrN2O/c11-10-5-4-9(8-13-10)14-7-3-1-2-6-12/h4-5,8H,1-3,7H2. The summed E-state index contributed by atoms with van der Waals surface area (Å²) < 4.78 is 6.22. The molecule has 0 aliphatic carbocycles. The van der Waals surface area contributed by atoms with E-state index in [1.54, 1.807) is 6.20 Å². The third-order valence-electron chi connectivity index (χ3n) is 1.65. The summed E-state index contributed by atoms with van der Waals surface area (Å²) in [5.41, 5.74) is 0. The van der Waals surface area contributed by atoms with Crippen LogP contribution >= 0.6 is 15.9 Å². The number of hydrogen-bond donors (Lipinski definition) is 0. The van der Waals surface area contributed by atoms with Gasteiger partial charge in [0.1, 0.15) is 10.4 Å². The van der Waals surface area contributed by atoms with Gasteiger partial charge in [0.05, 0.1) is 18.9 Å². The summed E-state index contributed by atoms with van der Waals surface area (Å²) >= 11 is 3.25. The molecule has 0 bridgehead atoms. The molecule has 0 unspecified atom stereocenters. The SMILES string of the molecule is N#CCCCCOc1ccc(Br)nc1. The predicted octanol–water partition coefficient (Wildman–Crippen LogP) is 2.92. The Kier molecular flexibility index (Phi) is 5.02. The smallest absolute Gasteiger partial charge is 0.137 e. The van der Waals surface area contributed by atoms with Crippen LogP contribution in [0.5, 0.6) is 5.75 Å². The number of nitrogens with zero attached hydrogens (tertiary/aromatic N) is 2. The fourth-order valence-corrected chi connectivity index (χ4v) is 1.18. The van der Waals surface area contributed by atoms with Crippen LogP contribution in [-0.2, 0) is 0 Å². The van der Waals surface area contributed by atoms with Crippen molar-refractivity contribution >= 4 is 15.9 Å². The molecule has 1 heterocycles. The highest BCUT2D eigenvalue weighted by Gasteiger charge is 1.94. The van der Waals surface area contributed by atoms with Crippen molar-refractivity contribution in [2.45, 2.75) is 19.3 Å². The number of nitriles is 1. The van der Waals surface area contributed by atoms with Gasteiger partial charge in [-0.25, -0.2) is 4.98 Å². The third-order valence-corrected chi connectivity index (χ3v) is 2.12. The van der Waals surface area contributed by atoms with Crippen molar-refractivity contribution in [1.29, 1.82) is 5.26 Å². The van der Waals surface area contributed by atoms with E-state index in [9.17, 15) is 0 Å². The summed E-state index contributed by atoms with van der Waals surface area (Å²) in [6.45, 7) is 0.644. The number of rotatable bonds is 5. The van der Waals surface area contributed by atoms with E-state index in [0.29, 0.717) is 13.0 Å². The Morgan fingerprint density at radius 2 is 2.29 bits per heavy atom. The van der Waals surface area contributed by atoms with Crippen LogP contribution in [0.3, 0.4) is 0 Å². The number of halogens is 1. The summed E-state index contributed by atoms with van der Waals surface area (Å²) in [5.74, 6) is 0.769. The summed E-state index contributed by atoms with van der Waals surface area (Å²) in [6.07, 6.45) is 4.07. The van der Waals surface area contributed by atoms with E-state index in [1.165, 1.54) is 0 Å². The summed E-state index contributed by atoms with van der Waals surface area (Å²) in [7, 11) is 0. The Hall–Kier alpha value is -1.08. The van der Waals surface area contributed by atoms with E-state index < -0.39 is 0 Å². The van der Waals surface area contributed by atoms with E-state index in [-0.39, 0.29) is 0 Å². The summed E-state index contributed by atoms with van der Waals surface area (Å²) in [6, 6.07) is 5.80. The van der Waals surface area contributed by atoms with Crippen molar-refractivity contribution in [3.63, 3.8) is 0 Å². The van der Waals surface area contributed by atoms with E-state index in [4.69, 9.17) is 10.00 Å². The Labute approximate surface area is 91.8 Å². The van der Waals surface area contributed by atoms with Crippen molar-refractivity contribution in [3.8, 4) is 11.8 Å². The molecule has 0 radical (unpaired) electrons. The number of unbranched alkanes of at least 4 members (excludes halogenated alkanes) is 2. The normalized spacial score (nSPS) is 9.43. The first kappa shape index (κ1) is 11.0. The van der Waals surface area contributed by atoms with Gasteiger partial charge in [-0.3, -0.25) is 0 Å². The lowest BCUT2D eigenvalue weighted by Gasteiger charge is -2.03. The second-order valence-corrected chi connectivity index (χ2v) is 3.59. The van der Waals surface area contributed by atoms with E-state index in [0.717, 1.165) is 23.2 Å². The molecule has 0 spiro atoms. The summed E-state index contributed by atoms with van der Waals surface area (Å²) in [4.78, 5) is 4.03. The Balaban J connectivity index is 2.19. The maximum atomic E-state index is 8.31. The van der Waals surface area contributed by atoms with Crippen LogP contribution in [-0.4, -0.2) is 11.6 Å². The predicted molar refractivity (Wildman–Crippen MR) is 56.9 cm³/mol. The van der Waals surface area contributed by atoms with Gasteiger partial charge in [0.25, 0.3) is 0 Å². The molecule has 0 atom stereocenters. The molecule has 0 N–H and O–H groups in total. The molecule has 1 aromatic rings. The van der Waals surface area contributed by atoms with Gasteiger partial charge in [0.15, 0.2) is 0 Å². The van der Waals surface area contributed by atoms with Gasteiger partial charge in [0.2, 0.25) is 0 Å². The van der Waals surface area contributed by atoms with Crippen LogP contribution in [0.4, 0.5) is 0 Å². The van der Waals surface area contributed by atoms with Crippen molar-refractivity contribution in [2.24, 2.45) is 0 Å². The molecular formula is C10H11BrN2O. The lowest BCUT2D eigenvalue weighted by Crippen LogP contribution is -1.97. The zero-order chi connectivity index (χ0) is 10.2. The Bertz CT molecular complexity index is 305. The topological polar surface area (TPSA) is 45.9 Å². The Morgan fingerprint density at radius 1 is 1.43 bits per heavy atom. The van der Waals surface area contributed by atoms with Crippen LogP contribution in [0, 0.1) is 11.3 Å². The molecule has 0 aliphatic heterocycles. The van der Waals surface area contributed by atoms with Gasteiger partial charge in [-0.15, -0.1) is 0 Å². The molecule has 74 valence electrons. The minimum absolute atomic E-state index is 0.599. The molecule has 0 fully saturated rings. The molecule has 3 nitrogen and oxygen atoms in total. The van der Waals surface area contributed by atoms with E-state index >= 15 is 0 Å². The molecule has 0 aliphatic rings. The van der Waals surface area contributed by atoms with Crippen molar-refractivity contribution in [1.82, 2.24) is 4.98 Å². The summed E-state index contributed by atoms with van der Waals surface area (Å²) in [5, 5.41) is 8.31. The molecule has 0 saturated heterocycles. The van der Waals surface area contributed by atoms with Crippen molar-refractivity contribution < 1.29 is 4.74 Å². The van der Waals surface area contributed by atoms with Gasteiger partial charge in [-0.05, 0) is 40.9 Å². The lowest BCUT2D eigenvalue weighted by molar-refractivity contribution is 0.306. The minimum atomic E-state index is 0.599. The highest BCUT2D eigenvalue weighted by atomic mass is 79.9. The van der Waals surface area contributed by atoms with Crippen LogP contribution < -0.4 is 4.74 Å². The highest BCUT2D eigenvalue weighted by molar-refractivity contribution is 9.10. The van der Waals surface area contributed by atoms with E-state index in [2.05, 4.69) is 27.0 Å². The molecule has 0 saturated carbocycles. The van der Waals surface area contributed by atoms with Crippen molar-refractivity contribution in [3.05, 3.63) is 22.9 Å². The van der Waals surface area contributed by atoms with Crippen LogP contribution in [0.15, 0.2) is 22.9 Å². The van der Waals surface area contributed by atoms with Gasteiger partial charge in [-0.1, -0.05) is 0 Å². The zero-order valence-electron chi connectivity index (χ0n) is 7.74.